The fraction of sp³-hybridized carbons (Fsp3) is 0.0175. The predicted octanol–water partition coefficient (Wildman–Crippen LogP) is 15.2. The second kappa shape index (κ2) is 13.9. The normalized spacial score (nSPS) is 12.6. The summed E-state index contributed by atoms with van der Waals surface area (Å²) in [6, 6.07) is 86.8. The average molecular weight is 738 g/mol. The van der Waals surface area contributed by atoms with Gasteiger partial charge in [-0.25, -0.2) is 0 Å². The minimum absolute atomic E-state index is 0.497. The van der Waals surface area contributed by atoms with E-state index in [2.05, 4.69) is 241 Å². The Kier molecular flexibility index (Phi) is 8.12. The maximum absolute atomic E-state index is 2.45. The largest absolute Gasteiger partial charge is 0.310 e. The van der Waals surface area contributed by atoms with Gasteiger partial charge in [0.15, 0.2) is 0 Å². The van der Waals surface area contributed by atoms with E-state index >= 15 is 0 Å². The van der Waals surface area contributed by atoms with Crippen LogP contribution >= 0.6 is 0 Å². The molecule has 0 fully saturated rings. The Balaban J connectivity index is 1.17. The molecule has 11 rings (SSSR count). The first-order chi connectivity index (χ1) is 28.8. The fourth-order valence-corrected chi connectivity index (χ4v) is 9.74. The highest BCUT2D eigenvalue weighted by atomic mass is 15.1. The molecule has 0 atom stereocenters. The molecule has 10 aromatic carbocycles. The van der Waals surface area contributed by atoms with Gasteiger partial charge in [-0.3, -0.25) is 0 Å². The maximum atomic E-state index is 2.45. The van der Waals surface area contributed by atoms with Crippen molar-refractivity contribution in [3.05, 3.63) is 259 Å². The molecular weight excluding hydrogens is 699 g/mol. The van der Waals surface area contributed by atoms with Crippen molar-refractivity contribution in [1.29, 1.82) is 0 Å². The Morgan fingerprint density at radius 1 is 0.276 bits per heavy atom. The molecule has 1 heteroatoms. The lowest BCUT2D eigenvalue weighted by Gasteiger charge is -2.35. The van der Waals surface area contributed by atoms with E-state index in [0.717, 1.165) is 17.1 Å². The first-order valence-electron chi connectivity index (χ1n) is 20.1. The fourth-order valence-electron chi connectivity index (χ4n) is 9.74. The molecule has 0 heterocycles. The number of rotatable bonds is 7. The van der Waals surface area contributed by atoms with Gasteiger partial charge in [-0.15, -0.1) is 0 Å². The summed E-state index contributed by atoms with van der Waals surface area (Å²) in [6.07, 6.45) is 0. The van der Waals surface area contributed by atoms with Crippen LogP contribution < -0.4 is 4.90 Å². The SMILES string of the molecule is c1ccc(-c2c(-c3cccc(N(c4ccccc4)c4ccc5c(c4)C(c4ccccc4)(c4ccccc4)c4ccccc4-5)c3)c3ccccc3c3ccccc23)cc1. The van der Waals surface area contributed by atoms with Crippen LogP contribution in [0.5, 0.6) is 0 Å². The highest BCUT2D eigenvalue weighted by Crippen LogP contribution is 2.57. The van der Waals surface area contributed by atoms with Gasteiger partial charge in [-0.2, -0.15) is 0 Å². The molecule has 58 heavy (non-hydrogen) atoms. The van der Waals surface area contributed by atoms with Gasteiger partial charge in [0.05, 0.1) is 5.41 Å². The summed E-state index contributed by atoms with van der Waals surface area (Å²) in [5, 5.41) is 5.02. The zero-order chi connectivity index (χ0) is 38.5. The molecule has 0 radical (unpaired) electrons. The number of para-hydroxylation sites is 1. The van der Waals surface area contributed by atoms with Crippen LogP contribution in [0.3, 0.4) is 0 Å². The van der Waals surface area contributed by atoms with E-state index in [4.69, 9.17) is 0 Å². The molecule has 0 saturated heterocycles. The molecule has 0 spiro atoms. The van der Waals surface area contributed by atoms with Crippen molar-refractivity contribution in [1.82, 2.24) is 0 Å². The topological polar surface area (TPSA) is 3.24 Å². The minimum atomic E-state index is -0.497. The van der Waals surface area contributed by atoms with E-state index in [9.17, 15) is 0 Å². The number of hydrogen-bond acceptors (Lipinski definition) is 1. The second-order valence-corrected chi connectivity index (χ2v) is 15.2. The van der Waals surface area contributed by atoms with E-state index < -0.39 is 5.41 Å². The smallest absolute Gasteiger partial charge is 0.0714 e. The molecule has 0 saturated carbocycles. The minimum Gasteiger partial charge on any atom is -0.310 e. The zero-order valence-corrected chi connectivity index (χ0v) is 32.0. The molecule has 0 aromatic heterocycles. The second-order valence-electron chi connectivity index (χ2n) is 15.2. The quantitative estimate of drug-likeness (QED) is 0.147. The first kappa shape index (κ1) is 33.8. The van der Waals surface area contributed by atoms with Gasteiger partial charge in [-0.1, -0.05) is 200 Å². The van der Waals surface area contributed by atoms with E-state index in [0.29, 0.717) is 0 Å². The van der Waals surface area contributed by atoms with E-state index in [1.807, 2.05) is 0 Å². The van der Waals surface area contributed by atoms with Gasteiger partial charge in [0, 0.05) is 17.1 Å². The number of anilines is 3. The van der Waals surface area contributed by atoms with E-state index in [-0.39, 0.29) is 0 Å². The van der Waals surface area contributed by atoms with Crippen molar-refractivity contribution >= 4 is 38.6 Å². The van der Waals surface area contributed by atoms with Crippen LogP contribution in [0, 0.1) is 0 Å². The summed E-state index contributed by atoms with van der Waals surface area (Å²) >= 11 is 0. The molecule has 1 aliphatic rings. The van der Waals surface area contributed by atoms with Gasteiger partial charge >= 0.3 is 0 Å². The van der Waals surface area contributed by atoms with Gasteiger partial charge in [0.2, 0.25) is 0 Å². The Hall–Kier alpha value is -7.48. The highest BCUT2D eigenvalue weighted by Gasteiger charge is 2.46. The monoisotopic (exact) mass is 737 g/mol. The predicted molar refractivity (Wildman–Crippen MR) is 244 cm³/mol. The molecule has 10 aromatic rings. The average Bonchev–Trinajstić information content (AvgIpc) is 3.60. The van der Waals surface area contributed by atoms with E-state index in [1.54, 1.807) is 0 Å². The number of fused-ring (bicyclic) bond motifs is 6. The highest BCUT2D eigenvalue weighted by molar-refractivity contribution is 6.21. The van der Waals surface area contributed by atoms with Crippen LogP contribution in [0.15, 0.2) is 237 Å². The lowest BCUT2D eigenvalue weighted by atomic mass is 9.67. The third-order valence-electron chi connectivity index (χ3n) is 12.1. The Labute approximate surface area is 339 Å². The third kappa shape index (κ3) is 5.25. The van der Waals surface area contributed by atoms with Gasteiger partial charge in [0.1, 0.15) is 0 Å². The Morgan fingerprint density at radius 3 is 1.36 bits per heavy atom. The van der Waals surface area contributed by atoms with Crippen LogP contribution in [-0.2, 0) is 5.41 Å². The number of nitrogens with zero attached hydrogens (tertiary/aromatic N) is 1. The van der Waals surface area contributed by atoms with Crippen LogP contribution in [-0.4, -0.2) is 0 Å². The summed E-state index contributed by atoms with van der Waals surface area (Å²) in [5.41, 5.74) is 15.4. The molecule has 0 amide bonds. The van der Waals surface area contributed by atoms with Crippen molar-refractivity contribution in [3.63, 3.8) is 0 Å². The Morgan fingerprint density at radius 2 is 0.724 bits per heavy atom. The lowest BCUT2D eigenvalue weighted by molar-refractivity contribution is 0.768. The number of benzene rings is 10. The van der Waals surface area contributed by atoms with Crippen LogP contribution in [0.2, 0.25) is 0 Å². The zero-order valence-electron chi connectivity index (χ0n) is 32.0. The van der Waals surface area contributed by atoms with E-state index in [1.165, 1.54) is 77.2 Å². The van der Waals surface area contributed by atoms with Crippen molar-refractivity contribution < 1.29 is 0 Å². The third-order valence-corrected chi connectivity index (χ3v) is 12.1. The summed E-state index contributed by atoms with van der Waals surface area (Å²) in [5.74, 6) is 0. The van der Waals surface area contributed by atoms with Crippen LogP contribution in [0.1, 0.15) is 22.3 Å². The van der Waals surface area contributed by atoms with Crippen molar-refractivity contribution in [3.8, 4) is 33.4 Å². The first-order valence-corrected chi connectivity index (χ1v) is 20.1. The van der Waals surface area contributed by atoms with Crippen LogP contribution in [0.4, 0.5) is 17.1 Å². The van der Waals surface area contributed by atoms with Crippen molar-refractivity contribution in [2.24, 2.45) is 0 Å². The molecular formula is C57H39N. The van der Waals surface area contributed by atoms with Crippen LogP contribution in [0.25, 0.3) is 54.9 Å². The summed E-state index contributed by atoms with van der Waals surface area (Å²) < 4.78 is 0. The van der Waals surface area contributed by atoms with Gasteiger partial charge in [-0.05, 0) is 114 Å². The molecule has 0 N–H and O–H groups in total. The van der Waals surface area contributed by atoms with Crippen molar-refractivity contribution in [2.75, 3.05) is 4.90 Å². The molecule has 272 valence electrons. The summed E-state index contributed by atoms with van der Waals surface area (Å²) in [7, 11) is 0. The molecule has 1 aliphatic carbocycles. The van der Waals surface area contributed by atoms with Gasteiger partial charge < -0.3 is 4.90 Å². The van der Waals surface area contributed by atoms with Gasteiger partial charge in [0.25, 0.3) is 0 Å². The van der Waals surface area contributed by atoms with Crippen molar-refractivity contribution in [2.45, 2.75) is 5.41 Å². The number of hydrogen-bond donors (Lipinski definition) is 0. The summed E-state index contributed by atoms with van der Waals surface area (Å²) in [4.78, 5) is 2.43. The maximum Gasteiger partial charge on any atom is 0.0714 e. The lowest BCUT2D eigenvalue weighted by Crippen LogP contribution is -2.28. The molecule has 0 bridgehead atoms. The Bertz CT molecular complexity index is 3060. The molecule has 0 unspecified atom stereocenters. The standard InChI is InChI=1S/C57H39N/c1-5-20-40(21-6-1)55-51-33-15-13-30-47(51)48-31-14-16-34-52(48)56(55)41-22-19-29-45(38-41)58(44-27-11-4-12-28-44)46-36-37-50-49-32-17-18-35-53(49)57(54(50)39-46,42-23-7-2-8-24-42)43-25-9-3-10-26-43/h1-39H. The molecule has 0 aliphatic heterocycles. The summed E-state index contributed by atoms with van der Waals surface area (Å²) in [6.45, 7) is 0. The molecule has 1 nitrogen and oxygen atoms in total.